The Morgan fingerprint density at radius 1 is 1.11 bits per heavy atom. The van der Waals surface area contributed by atoms with Gasteiger partial charge in [-0.25, -0.2) is 17.1 Å². The van der Waals surface area contributed by atoms with Crippen LogP contribution in [0.5, 0.6) is 0 Å². The van der Waals surface area contributed by atoms with E-state index in [4.69, 9.17) is 4.74 Å². The van der Waals surface area contributed by atoms with E-state index < -0.39 is 10.0 Å². The summed E-state index contributed by atoms with van der Waals surface area (Å²) in [7, 11) is -0.623. The molecular formula is C19H21FN2O4S. The summed E-state index contributed by atoms with van der Waals surface area (Å²) in [6.45, 7) is 1.16. The molecule has 6 nitrogen and oxygen atoms in total. The van der Waals surface area contributed by atoms with Gasteiger partial charge in [0.2, 0.25) is 10.0 Å². The Bertz CT molecular complexity index is 912. The van der Waals surface area contributed by atoms with Crippen molar-refractivity contribution in [1.29, 1.82) is 0 Å². The Hall–Kier alpha value is -2.29. The number of nitrogens with zero attached hydrogens (tertiary/aromatic N) is 2. The van der Waals surface area contributed by atoms with E-state index in [0.717, 1.165) is 9.87 Å². The lowest BCUT2D eigenvalue weighted by Crippen LogP contribution is -2.42. The molecule has 1 aliphatic rings. The first-order valence-corrected chi connectivity index (χ1v) is 9.92. The number of hydrogen-bond acceptors (Lipinski definition) is 4. The molecular weight excluding hydrogens is 371 g/mol. The number of halogens is 1. The zero-order valence-corrected chi connectivity index (χ0v) is 15.9. The second-order valence-electron chi connectivity index (χ2n) is 6.47. The predicted molar refractivity (Wildman–Crippen MR) is 98.3 cm³/mol. The highest BCUT2D eigenvalue weighted by Gasteiger charge is 2.26. The molecule has 1 fully saturated rings. The van der Waals surface area contributed by atoms with Crippen LogP contribution in [0.4, 0.5) is 4.39 Å². The van der Waals surface area contributed by atoms with E-state index in [0.29, 0.717) is 25.3 Å². The molecule has 0 radical (unpaired) electrons. The minimum Gasteiger partial charge on any atom is -0.370 e. The summed E-state index contributed by atoms with van der Waals surface area (Å²) in [6.07, 6.45) is -0.323. The lowest BCUT2D eigenvalue weighted by atomic mass is 10.1. The van der Waals surface area contributed by atoms with E-state index in [1.165, 1.54) is 50.5 Å². The van der Waals surface area contributed by atoms with Gasteiger partial charge in [-0.1, -0.05) is 12.1 Å². The summed E-state index contributed by atoms with van der Waals surface area (Å²) >= 11 is 0. The van der Waals surface area contributed by atoms with Gasteiger partial charge in [-0.2, -0.15) is 0 Å². The van der Waals surface area contributed by atoms with Gasteiger partial charge in [-0.05, 0) is 42.0 Å². The van der Waals surface area contributed by atoms with Crippen molar-refractivity contribution in [3.8, 4) is 0 Å². The predicted octanol–water partition coefficient (Wildman–Crippen LogP) is 2.29. The van der Waals surface area contributed by atoms with Crippen molar-refractivity contribution in [2.24, 2.45) is 0 Å². The fraction of sp³-hybridized carbons (Fsp3) is 0.316. The Kier molecular flexibility index (Phi) is 5.59. The highest BCUT2D eigenvalue weighted by atomic mass is 32.2. The monoisotopic (exact) mass is 392 g/mol. The van der Waals surface area contributed by atoms with Crippen LogP contribution in [0.3, 0.4) is 0 Å². The summed E-state index contributed by atoms with van der Waals surface area (Å²) in [4.78, 5) is 14.6. The van der Waals surface area contributed by atoms with E-state index in [-0.39, 0.29) is 22.7 Å². The number of carbonyl (C=O) groups excluding carboxylic acids is 1. The van der Waals surface area contributed by atoms with Crippen LogP contribution >= 0.6 is 0 Å². The Labute approximate surface area is 158 Å². The van der Waals surface area contributed by atoms with Crippen molar-refractivity contribution >= 4 is 15.9 Å². The van der Waals surface area contributed by atoms with Crippen LogP contribution in [0.2, 0.25) is 0 Å². The van der Waals surface area contributed by atoms with Gasteiger partial charge in [0.1, 0.15) is 11.9 Å². The largest absolute Gasteiger partial charge is 0.370 e. The summed E-state index contributed by atoms with van der Waals surface area (Å²) in [5, 5.41) is 0. The van der Waals surface area contributed by atoms with E-state index in [2.05, 4.69) is 0 Å². The highest BCUT2D eigenvalue weighted by Crippen LogP contribution is 2.24. The number of morpholine rings is 1. The first kappa shape index (κ1) is 19.5. The van der Waals surface area contributed by atoms with Crippen LogP contribution in [0.15, 0.2) is 53.4 Å². The average molecular weight is 392 g/mol. The van der Waals surface area contributed by atoms with E-state index in [1.807, 2.05) is 0 Å². The van der Waals surface area contributed by atoms with Crippen LogP contribution in [-0.4, -0.2) is 57.3 Å². The van der Waals surface area contributed by atoms with Gasteiger partial charge in [0.15, 0.2) is 0 Å². The molecule has 1 amide bonds. The SMILES string of the molecule is CN(C)S(=O)(=O)c1ccc(C(=O)N2CCOC(c3ccc(F)cc3)C2)cc1. The Balaban J connectivity index is 1.74. The number of rotatable bonds is 4. The lowest BCUT2D eigenvalue weighted by molar-refractivity contribution is -0.0228. The van der Waals surface area contributed by atoms with Crippen LogP contribution in [0.1, 0.15) is 22.0 Å². The molecule has 1 unspecified atom stereocenters. The maximum Gasteiger partial charge on any atom is 0.254 e. The Morgan fingerprint density at radius 3 is 2.33 bits per heavy atom. The standard InChI is InChI=1S/C19H21FN2O4S/c1-21(2)27(24,25)17-9-5-15(6-10-17)19(23)22-11-12-26-18(13-22)14-3-7-16(20)8-4-14/h3-10,18H,11-13H2,1-2H3. The zero-order valence-electron chi connectivity index (χ0n) is 15.1. The van der Waals surface area contributed by atoms with Crippen molar-refractivity contribution in [3.63, 3.8) is 0 Å². The number of benzene rings is 2. The van der Waals surface area contributed by atoms with E-state index in [9.17, 15) is 17.6 Å². The van der Waals surface area contributed by atoms with Crippen LogP contribution in [0, 0.1) is 5.82 Å². The maximum atomic E-state index is 13.1. The van der Waals surface area contributed by atoms with Gasteiger partial charge in [0, 0.05) is 26.2 Å². The minimum atomic E-state index is -3.53. The zero-order chi connectivity index (χ0) is 19.6. The van der Waals surface area contributed by atoms with Crippen molar-refractivity contribution < 1.29 is 22.3 Å². The molecule has 1 saturated heterocycles. The normalized spacial score (nSPS) is 17.9. The highest BCUT2D eigenvalue weighted by molar-refractivity contribution is 7.89. The van der Waals surface area contributed by atoms with E-state index >= 15 is 0 Å². The lowest BCUT2D eigenvalue weighted by Gasteiger charge is -2.33. The number of amides is 1. The number of hydrogen-bond donors (Lipinski definition) is 0. The van der Waals surface area contributed by atoms with Gasteiger partial charge in [0.25, 0.3) is 5.91 Å². The summed E-state index contributed by atoms with van der Waals surface area (Å²) in [5.74, 6) is -0.519. The van der Waals surface area contributed by atoms with E-state index in [1.54, 1.807) is 17.0 Å². The minimum absolute atomic E-state index is 0.134. The Morgan fingerprint density at radius 2 is 1.74 bits per heavy atom. The molecule has 0 bridgehead atoms. The third-order valence-corrected chi connectivity index (χ3v) is 6.30. The maximum absolute atomic E-state index is 13.1. The smallest absolute Gasteiger partial charge is 0.254 e. The molecule has 0 saturated carbocycles. The summed E-state index contributed by atoms with van der Waals surface area (Å²) < 4.78 is 44.2. The number of ether oxygens (including phenoxy) is 1. The summed E-state index contributed by atoms with van der Waals surface area (Å²) in [6, 6.07) is 11.9. The molecule has 144 valence electrons. The van der Waals surface area contributed by atoms with Gasteiger partial charge in [-0.15, -0.1) is 0 Å². The topological polar surface area (TPSA) is 66.9 Å². The molecule has 1 heterocycles. The number of sulfonamides is 1. The first-order chi connectivity index (χ1) is 12.8. The van der Waals surface area contributed by atoms with Crippen molar-refractivity contribution in [3.05, 3.63) is 65.5 Å². The van der Waals surface area contributed by atoms with Gasteiger partial charge >= 0.3 is 0 Å². The van der Waals surface area contributed by atoms with Crippen LogP contribution in [-0.2, 0) is 14.8 Å². The fourth-order valence-electron chi connectivity index (χ4n) is 2.88. The fourth-order valence-corrected chi connectivity index (χ4v) is 3.78. The molecule has 3 rings (SSSR count). The van der Waals surface area contributed by atoms with Gasteiger partial charge in [0.05, 0.1) is 18.0 Å². The quantitative estimate of drug-likeness (QED) is 0.801. The average Bonchev–Trinajstić information content (AvgIpc) is 2.68. The van der Waals surface area contributed by atoms with Crippen molar-refractivity contribution in [2.75, 3.05) is 33.8 Å². The molecule has 0 aromatic heterocycles. The van der Waals surface area contributed by atoms with Crippen molar-refractivity contribution in [1.82, 2.24) is 9.21 Å². The van der Waals surface area contributed by atoms with Crippen LogP contribution in [0.25, 0.3) is 0 Å². The molecule has 0 N–H and O–H groups in total. The number of carbonyl (C=O) groups is 1. The third kappa shape index (κ3) is 4.18. The molecule has 2 aromatic carbocycles. The second-order valence-corrected chi connectivity index (χ2v) is 8.63. The van der Waals surface area contributed by atoms with Crippen molar-refractivity contribution in [2.45, 2.75) is 11.0 Å². The summed E-state index contributed by atoms with van der Waals surface area (Å²) in [5.41, 5.74) is 1.22. The van der Waals surface area contributed by atoms with Gasteiger partial charge in [-0.3, -0.25) is 4.79 Å². The molecule has 0 aliphatic carbocycles. The molecule has 2 aromatic rings. The molecule has 1 atom stereocenters. The molecule has 8 heteroatoms. The molecule has 0 spiro atoms. The van der Waals surface area contributed by atoms with Gasteiger partial charge < -0.3 is 9.64 Å². The third-order valence-electron chi connectivity index (χ3n) is 4.48. The second kappa shape index (κ2) is 7.75. The molecule has 1 aliphatic heterocycles. The molecule has 27 heavy (non-hydrogen) atoms. The first-order valence-electron chi connectivity index (χ1n) is 8.48. The van der Waals surface area contributed by atoms with Crippen LogP contribution < -0.4 is 0 Å².